The van der Waals surface area contributed by atoms with Crippen LogP contribution in [0.5, 0.6) is 5.88 Å². The largest absolute Gasteiger partial charge is 0.481 e. The second-order valence-electron chi connectivity index (χ2n) is 11.4. The summed E-state index contributed by atoms with van der Waals surface area (Å²) in [6.07, 6.45) is 1.88. The highest BCUT2D eigenvalue weighted by Crippen LogP contribution is 2.40. The second-order valence-corrected chi connectivity index (χ2v) is 11.4. The Morgan fingerprint density at radius 1 is 0.413 bits per heavy atom. The van der Waals surface area contributed by atoms with Gasteiger partial charge < -0.3 is 4.74 Å². The fraction of sp³-hybridized carbons (Fsp3) is 0.0233. The lowest BCUT2D eigenvalue weighted by molar-refractivity contribution is 0.398. The first-order chi connectivity index (χ1) is 22.7. The Morgan fingerprint density at radius 2 is 1.00 bits per heavy atom. The molecule has 0 aliphatic rings. The number of rotatable bonds is 6. The van der Waals surface area contributed by atoms with Crippen molar-refractivity contribution in [1.29, 1.82) is 0 Å². The van der Waals surface area contributed by atoms with E-state index in [0.29, 0.717) is 5.88 Å². The number of benzene rings is 6. The van der Waals surface area contributed by atoms with Gasteiger partial charge >= 0.3 is 0 Å². The van der Waals surface area contributed by atoms with Gasteiger partial charge in [0.15, 0.2) is 0 Å². The van der Waals surface area contributed by atoms with Gasteiger partial charge in [0, 0.05) is 29.0 Å². The van der Waals surface area contributed by atoms with Crippen molar-refractivity contribution in [3.8, 4) is 61.8 Å². The molecule has 0 aliphatic heterocycles. The van der Waals surface area contributed by atoms with E-state index in [4.69, 9.17) is 9.72 Å². The summed E-state index contributed by atoms with van der Waals surface area (Å²) in [6.45, 7) is 0. The molecule has 218 valence electrons. The summed E-state index contributed by atoms with van der Waals surface area (Å²) in [5.41, 5.74) is 10.6. The predicted molar refractivity (Wildman–Crippen MR) is 191 cm³/mol. The Labute approximate surface area is 268 Å². The van der Waals surface area contributed by atoms with Crippen molar-refractivity contribution in [3.05, 3.63) is 164 Å². The van der Waals surface area contributed by atoms with Crippen LogP contribution in [0.4, 0.5) is 0 Å². The molecule has 2 aromatic heterocycles. The highest BCUT2D eigenvalue weighted by atomic mass is 16.5. The number of aromatic nitrogens is 2. The van der Waals surface area contributed by atoms with Crippen LogP contribution in [0.2, 0.25) is 0 Å². The van der Waals surface area contributed by atoms with E-state index < -0.39 is 0 Å². The molecule has 0 spiro atoms. The Bertz CT molecular complexity index is 2270. The molecule has 6 aromatic carbocycles. The second kappa shape index (κ2) is 11.8. The number of pyridine rings is 2. The summed E-state index contributed by atoms with van der Waals surface area (Å²) in [5, 5.41) is 4.92. The van der Waals surface area contributed by atoms with Gasteiger partial charge in [0.05, 0.1) is 18.5 Å². The molecule has 0 saturated carbocycles. The van der Waals surface area contributed by atoms with Crippen molar-refractivity contribution < 1.29 is 4.74 Å². The van der Waals surface area contributed by atoms with Gasteiger partial charge in [-0.2, -0.15) is 0 Å². The van der Waals surface area contributed by atoms with Gasteiger partial charge in [-0.1, -0.05) is 109 Å². The van der Waals surface area contributed by atoms with E-state index >= 15 is 0 Å². The van der Waals surface area contributed by atoms with E-state index in [0.717, 1.165) is 50.3 Å². The lowest BCUT2D eigenvalue weighted by Crippen LogP contribution is -1.94. The van der Waals surface area contributed by atoms with Crippen molar-refractivity contribution in [3.63, 3.8) is 0 Å². The molecule has 0 saturated heterocycles. The molecule has 0 amide bonds. The quantitative estimate of drug-likeness (QED) is 0.181. The monoisotopic (exact) mass is 590 g/mol. The third-order valence-corrected chi connectivity index (χ3v) is 8.59. The van der Waals surface area contributed by atoms with Gasteiger partial charge in [-0.3, -0.25) is 0 Å². The van der Waals surface area contributed by atoms with Crippen molar-refractivity contribution >= 4 is 21.5 Å². The first-order valence-electron chi connectivity index (χ1n) is 15.4. The van der Waals surface area contributed by atoms with Crippen LogP contribution in [0, 0.1) is 0 Å². The van der Waals surface area contributed by atoms with E-state index in [9.17, 15) is 0 Å². The fourth-order valence-electron chi connectivity index (χ4n) is 6.30. The molecule has 46 heavy (non-hydrogen) atoms. The van der Waals surface area contributed by atoms with E-state index in [-0.39, 0.29) is 0 Å². The van der Waals surface area contributed by atoms with Crippen molar-refractivity contribution in [1.82, 2.24) is 9.97 Å². The number of hydrogen-bond donors (Lipinski definition) is 0. The van der Waals surface area contributed by atoms with Gasteiger partial charge in [-0.15, -0.1) is 0 Å². The number of methoxy groups -OCH3 is 1. The van der Waals surface area contributed by atoms with Gasteiger partial charge in [-0.25, -0.2) is 9.97 Å². The third-order valence-electron chi connectivity index (χ3n) is 8.59. The topological polar surface area (TPSA) is 35.0 Å². The summed E-state index contributed by atoms with van der Waals surface area (Å²) in [6, 6.07) is 55.7. The highest BCUT2D eigenvalue weighted by molar-refractivity contribution is 6.14. The molecule has 0 aliphatic carbocycles. The fourth-order valence-corrected chi connectivity index (χ4v) is 6.30. The van der Waals surface area contributed by atoms with Crippen molar-refractivity contribution in [2.45, 2.75) is 0 Å². The van der Waals surface area contributed by atoms with E-state index in [1.165, 1.54) is 27.1 Å². The zero-order valence-corrected chi connectivity index (χ0v) is 25.4. The van der Waals surface area contributed by atoms with Crippen LogP contribution in [0.25, 0.3) is 77.4 Å². The molecule has 0 radical (unpaired) electrons. The Balaban J connectivity index is 1.40. The minimum Gasteiger partial charge on any atom is -0.481 e. The van der Waals surface area contributed by atoms with Crippen LogP contribution in [0.15, 0.2) is 164 Å². The summed E-state index contributed by atoms with van der Waals surface area (Å²) in [4.78, 5) is 9.81. The standard InChI is InChI=1S/C43H30N2O/c1-46-43-21-20-32(28-44-43)33-22-35(40-25-31-16-8-9-17-37(31)38-18-10-11-19-39(38)40)24-36(23-33)42-27-34(29-12-4-2-5-13-29)26-41(45-42)30-14-6-3-7-15-30/h2-28H,1H3. The molecule has 0 unspecified atom stereocenters. The first-order valence-corrected chi connectivity index (χ1v) is 15.4. The molecule has 8 rings (SSSR count). The molecular formula is C43H30N2O. The van der Waals surface area contributed by atoms with Crippen LogP contribution in [0.1, 0.15) is 0 Å². The SMILES string of the molecule is COc1ccc(-c2cc(-c3cc(-c4ccccc4)cc(-c4ccccc4)n3)cc(-c3cc4ccccc4c4ccccc34)c2)cn1. The highest BCUT2D eigenvalue weighted by Gasteiger charge is 2.15. The third kappa shape index (κ3) is 5.18. The maximum Gasteiger partial charge on any atom is 0.212 e. The molecule has 2 heterocycles. The Hall–Kier alpha value is -6.06. The van der Waals surface area contributed by atoms with Crippen molar-refractivity contribution in [2.24, 2.45) is 0 Å². The number of hydrogen-bond acceptors (Lipinski definition) is 3. The molecular weight excluding hydrogens is 560 g/mol. The van der Waals surface area contributed by atoms with E-state index in [1.807, 2.05) is 18.3 Å². The number of nitrogens with zero attached hydrogens (tertiary/aromatic N) is 2. The zero-order chi connectivity index (χ0) is 30.9. The Kier molecular flexibility index (Phi) is 7.05. The smallest absolute Gasteiger partial charge is 0.212 e. The van der Waals surface area contributed by atoms with Crippen molar-refractivity contribution in [2.75, 3.05) is 7.11 Å². The lowest BCUT2D eigenvalue weighted by atomic mass is 9.90. The van der Waals surface area contributed by atoms with E-state index in [1.54, 1.807) is 7.11 Å². The average Bonchev–Trinajstić information content (AvgIpc) is 3.15. The Morgan fingerprint density at radius 3 is 1.72 bits per heavy atom. The molecule has 0 fully saturated rings. The maximum absolute atomic E-state index is 5.37. The van der Waals surface area contributed by atoms with Crippen LogP contribution in [0.3, 0.4) is 0 Å². The van der Waals surface area contributed by atoms with Crippen LogP contribution in [-0.4, -0.2) is 17.1 Å². The van der Waals surface area contributed by atoms with Crippen LogP contribution >= 0.6 is 0 Å². The summed E-state index contributed by atoms with van der Waals surface area (Å²) < 4.78 is 5.37. The molecule has 0 N–H and O–H groups in total. The van der Waals surface area contributed by atoms with Gasteiger partial charge in [0.25, 0.3) is 0 Å². The molecule has 3 heteroatoms. The van der Waals surface area contributed by atoms with E-state index in [2.05, 4.69) is 151 Å². The van der Waals surface area contributed by atoms with Gasteiger partial charge in [0.2, 0.25) is 5.88 Å². The minimum atomic E-state index is 0.588. The minimum absolute atomic E-state index is 0.588. The van der Waals surface area contributed by atoms with Crippen LogP contribution in [-0.2, 0) is 0 Å². The summed E-state index contributed by atoms with van der Waals surface area (Å²) in [5.74, 6) is 0.588. The van der Waals surface area contributed by atoms with Gasteiger partial charge in [-0.05, 0) is 91.8 Å². The zero-order valence-electron chi connectivity index (χ0n) is 25.4. The number of fused-ring (bicyclic) bond motifs is 3. The summed E-state index contributed by atoms with van der Waals surface area (Å²) in [7, 11) is 1.64. The first kappa shape index (κ1) is 27.5. The predicted octanol–water partition coefficient (Wildman–Crippen LogP) is 11.1. The molecule has 0 atom stereocenters. The van der Waals surface area contributed by atoms with Gasteiger partial charge in [0.1, 0.15) is 0 Å². The molecule has 8 aromatic rings. The normalized spacial score (nSPS) is 11.2. The molecule has 3 nitrogen and oxygen atoms in total. The maximum atomic E-state index is 5.37. The number of ether oxygens (including phenoxy) is 1. The van der Waals surface area contributed by atoms with Crippen LogP contribution < -0.4 is 4.74 Å². The summed E-state index contributed by atoms with van der Waals surface area (Å²) >= 11 is 0. The average molecular weight is 591 g/mol. The lowest BCUT2D eigenvalue weighted by Gasteiger charge is -2.16. The molecule has 0 bridgehead atoms.